The number of halogens is 1. The first-order valence-corrected chi connectivity index (χ1v) is 10.3. The Hall–Kier alpha value is -2.92. The molecular formula is C21H19ClN4O2S. The number of nitriles is 1. The summed E-state index contributed by atoms with van der Waals surface area (Å²) in [7, 11) is -3.80. The minimum Gasteiger partial charge on any atom is -0.327 e. The molecule has 1 aromatic heterocycles. The van der Waals surface area contributed by atoms with E-state index in [-0.39, 0.29) is 28.9 Å². The second kappa shape index (κ2) is 8.21. The van der Waals surface area contributed by atoms with E-state index in [0.717, 1.165) is 23.2 Å². The lowest BCUT2D eigenvalue weighted by molar-refractivity contribution is 0.601. The summed E-state index contributed by atoms with van der Waals surface area (Å²) in [6.07, 6.45) is 2.82. The van der Waals surface area contributed by atoms with Gasteiger partial charge in [0.25, 0.3) is 10.0 Å². The van der Waals surface area contributed by atoms with Gasteiger partial charge in [0.1, 0.15) is 0 Å². The quantitative estimate of drug-likeness (QED) is 0.647. The van der Waals surface area contributed by atoms with E-state index < -0.39 is 10.0 Å². The van der Waals surface area contributed by atoms with Crippen LogP contribution >= 0.6 is 12.4 Å². The van der Waals surface area contributed by atoms with Gasteiger partial charge in [-0.1, -0.05) is 24.3 Å². The Morgan fingerprint density at radius 1 is 1.10 bits per heavy atom. The number of nitrogens with zero attached hydrogens (tertiary/aromatic N) is 2. The lowest BCUT2D eigenvalue weighted by atomic mass is 10.1. The molecule has 1 heterocycles. The van der Waals surface area contributed by atoms with Crippen LogP contribution in [0.1, 0.15) is 23.5 Å². The van der Waals surface area contributed by atoms with Crippen molar-refractivity contribution in [2.75, 3.05) is 4.72 Å². The van der Waals surface area contributed by atoms with E-state index in [9.17, 15) is 8.42 Å². The van der Waals surface area contributed by atoms with E-state index >= 15 is 0 Å². The number of hydrogen-bond acceptors (Lipinski definition) is 5. The van der Waals surface area contributed by atoms with Crippen molar-refractivity contribution >= 4 is 28.1 Å². The monoisotopic (exact) mass is 426 g/mol. The molecule has 1 fully saturated rings. The molecule has 6 nitrogen and oxygen atoms in total. The summed E-state index contributed by atoms with van der Waals surface area (Å²) < 4.78 is 27.8. The number of benzene rings is 2. The van der Waals surface area contributed by atoms with E-state index in [0.29, 0.717) is 11.6 Å². The van der Waals surface area contributed by atoms with Gasteiger partial charge in [0.05, 0.1) is 22.2 Å². The third-order valence-corrected chi connectivity index (χ3v) is 6.12. The zero-order valence-corrected chi connectivity index (χ0v) is 17.0. The molecule has 29 heavy (non-hydrogen) atoms. The van der Waals surface area contributed by atoms with Crippen molar-refractivity contribution < 1.29 is 8.42 Å². The van der Waals surface area contributed by atoms with Crippen molar-refractivity contribution in [2.45, 2.75) is 23.3 Å². The molecule has 1 aliphatic rings. The highest BCUT2D eigenvalue weighted by atomic mass is 35.5. The van der Waals surface area contributed by atoms with E-state index in [1.165, 1.54) is 12.1 Å². The molecule has 0 aliphatic heterocycles. The molecule has 0 bridgehead atoms. The van der Waals surface area contributed by atoms with Gasteiger partial charge < -0.3 is 5.73 Å². The van der Waals surface area contributed by atoms with Crippen LogP contribution in [0.3, 0.4) is 0 Å². The Kier molecular flexibility index (Phi) is 5.89. The number of nitrogens with one attached hydrogen (secondary N) is 1. The van der Waals surface area contributed by atoms with E-state index in [1.807, 2.05) is 30.5 Å². The van der Waals surface area contributed by atoms with Crippen molar-refractivity contribution in [3.8, 4) is 17.3 Å². The summed E-state index contributed by atoms with van der Waals surface area (Å²) in [5.41, 5.74) is 9.28. The molecule has 0 spiro atoms. The van der Waals surface area contributed by atoms with Gasteiger partial charge >= 0.3 is 0 Å². The molecule has 3 aromatic rings. The maximum Gasteiger partial charge on any atom is 0.261 e. The Balaban J connectivity index is 0.00000240. The van der Waals surface area contributed by atoms with Crippen LogP contribution in [0.25, 0.3) is 11.3 Å². The molecular weight excluding hydrogens is 408 g/mol. The first kappa shape index (κ1) is 20.8. The second-order valence-electron chi connectivity index (χ2n) is 6.81. The predicted molar refractivity (Wildman–Crippen MR) is 114 cm³/mol. The average molecular weight is 427 g/mol. The van der Waals surface area contributed by atoms with Crippen LogP contribution in [0.5, 0.6) is 0 Å². The molecule has 8 heteroatoms. The molecule has 1 aliphatic carbocycles. The lowest BCUT2D eigenvalue weighted by Gasteiger charge is -2.10. The van der Waals surface area contributed by atoms with Gasteiger partial charge in [-0.05, 0) is 48.4 Å². The maximum absolute atomic E-state index is 12.6. The van der Waals surface area contributed by atoms with Crippen LogP contribution in [0, 0.1) is 11.3 Å². The third kappa shape index (κ3) is 4.57. The Morgan fingerprint density at radius 3 is 2.52 bits per heavy atom. The van der Waals surface area contributed by atoms with Crippen molar-refractivity contribution in [2.24, 2.45) is 5.73 Å². The van der Waals surface area contributed by atoms with Gasteiger partial charge in [0.2, 0.25) is 0 Å². The van der Waals surface area contributed by atoms with Gasteiger partial charge in [-0.3, -0.25) is 9.71 Å². The summed E-state index contributed by atoms with van der Waals surface area (Å²) >= 11 is 0. The second-order valence-corrected chi connectivity index (χ2v) is 8.49. The topological polar surface area (TPSA) is 109 Å². The minimum atomic E-state index is -3.80. The zero-order valence-electron chi connectivity index (χ0n) is 15.3. The van der Waals surface area contributed by atoms with Crippen LogP contribution in [0.4, 0.5) is 5.69 Å². The third-order valence-electron chi connectivity index (χ3n) is 4.74. The molecule has 1 saturated carbocycles. The SMILES string of the molecule is Cl.N#Cc1cccc(S(=O)(=O)Nc2cccc(-c3ccc([C@@H]4C[C@H]4N)cn3)c2)c1. The molecule has 0 amide bonds. The lowest BCUT2D eigenvalue weighted by Crippen LogP contribution is -2.13. The number of aromatic nitrogens is 1. The van der Waals surface area contributed by atoms with Crippen LogP contribution in [0.2, 0.25) is 0 Å². The average Bonchev–Trinajstić information content (AvgIpc) is 3.44. The van der Waals surface area contributed by atoms with Crippen molar-refractivity contribution in [3.63, 3.8) is 0 Å². The zero-order chi connectivity index (χ0) is 19.7. The first-order chi connectivity index (χ1) is 13.5. The normalized spacial score (nSPS) is 17.7. The highest BCUT2D eigenvalue weighted by molar-refractivity contribution is 7.92. The Morgan fingerprint density at radius 2 is 1.86 bits per heavy atom. The molecule has 2 aromatic carbocycles. The molecule has 0 saturated heterocycles. The van der Waals surface area contributed by atoms with Crippen LogP contribution in [-0.2, 0) is 10.0 Å². The number of nitrogens with two attached hydrogens (primary N) is 1. The van der Waals surface area contributed by atoms with Crippen molar-refractivity contribution in [3.05, 3.63) is 78.0 Å². The fourth-order valence-corrected chi connectivity index (χ4v) is 4.18. The molecule has 4 rings (SSSR count). The summed E-state index contributed by atoms with van der Waals surface area (Å²) in [6, 6.07) is 19.1. The van der Waals surface area contributed by atoms with Gasteiger partial charge in [0, 0.05) is 29.4 Å². The number of pyridine rings is 1. The largest absolute Gasteiger partial charge is 0.327 e. The Bertz CT molecular complexity index is 1170. The number of hydrogen-bond donors (Lipinski definition) is 2. The highest BCUT2D eigenvalue weighted by Crippen LogP contribution is 2.39. The fraction of sp³-hybridized carbons (Fsp3) is 0.143. The highest BCUT2D eigenvalue weighted by Gasteiger charge is 2.34. The summed E-state index contributed by atoms with van der Waals surface area (Å²) in [4.78, 5) is 4.54. The molecule has 148 valence electrons. The number of anilines is 1. The fourth-order valence-electron chi connectivity index (χ4n) is 3.08. The van der Waals surface area contributed by atoms with E-state index in [1.54, 1.807) is 30.3 Å². The van der Waals surface area contributed by atoms with Crippen molar-refractivity contribution in [1.82, 2.24) is 4.98 Å². The minimum absolute atomic E-state index is 0. The molecule has 0 unspecified atom stereocenters. The van der Waals surface area contributed by atoms with Gasteiger partial charge in [-0.15, -0.1) is 12.4 Å². The smallest absolute Gasteiger partial charge is 0.261 e. The Labute approximate surface area is 175 Å². The molecule has 0 radical (unpaired) electrons. The molecule has 2 atom stereocenters. The first-order valence-electron chi connectivity index (χ1n) is 8.81. The van der Waals surface area contributed by atoms with E-state index in [2.05, 4.69) is 9.71 Å². The summed E-state index contributed by atoms with van der Waals surface area (Å²) in [5.74, 6) is 0.392. The van der Waals surface area contributed by atoms with Crippen molar-refractivity contribution in [1.29, 1.82) is 5.26 Å². The van der Waals surface area contributed by atoms with Gasteiger partial charge in [-0.25, -0.2) is 8.42 Å². The number of sulfonamides is 1. The van der Waals surface area contributed by atoms with Gasteiger partial charge in [0.15, 0.2) is 0 Å². The standard InChI is InChI=1S/C21H18N4O2S.ClH/c22-12-14-3-1-6-18(9-14)28(26,27)25-17-5-2-4-15(10-17)21-8-7-16(13-24-21)19-11-20(19)23;/h1-10,13,19-20,25H,11,23H2;1H/t19-,20+;/m0./s1. The maximum atomic E-state index is 12.6. The summed E-state index contributed by atoms with van der Waals surface area (Å²) in [6.45, 7) is 0. The van der Waals surface area contributed by atoms with Crippen LogP contribution in [-0.4, -0.2) is 19.4 Å². The van der Waals surface area contributed by atoms with E-state index in [4.69, 9.17) is 11.0 Å². The van der Waals surface area contributed by atoms with Gasteiger partial charge in [-0.2, -0.15) is 5.26 Å². The van der Waals surface area contributed by atoms with Crippen LogP contribution < -0.4 is 10.5 Å². The molecule has 3 N–H and O–H groups in total. The summed E-state index contributed by atoms with van der Waals surface area (Å²) in [5, 5.41) is 8.97. The number of rotatable bonds is 5. The predicted octanol–water partition coefficient (Wildman–Crippen LogP) is 3.66. The van der Waals surface area contributed by atoms with Crippen LogP contribution in [0.15, 0.2) is 71.8 Å².